The molecule has 8 heteroatoms. The quantitative estimate of drug-likeness (QED) is 0.481. The molecule has 0 radical (unpaired) electrons. The number of aromatic nitrogens is 5. The SMILES string of the molecule is CCc1cc(-c2ccc(-n3cnc(C)c3)c(OC)n2)nnc1NCc1ccc(F)cc1. The van der Waals surface area contributed by atoms with Crippen molar-refractivity contribution in [2.75, 3.05) is 12.4 Å². The maximum absolute atomic E-state index is 13.1. The highest BCUT2D eigenvalue weighted by Gasteiger charge is 2.13. The van der Waals surface area contributed by atoms with Gasteiger partial charge in [-0.1, -0.05) is 19.1 Å². The number of anilines is 1. The van der Waals surface area contributed by atoms with Crippen molar-refractivity contribution in [2.45, 2.75) is 26.8 Å². The molecular formula is C23H23FN6O. The van der Waals surface area contributed by atoms with E-state index in [9.17, 15) is 4.39 Å². The van der Waals surface area contributed by atoms with Crippen LogP contribution in [0.2, 0.25) is 0 Å². The van der Waals surface area contributed by atoms with E-state index in [1.165, 1.54) is 12.1 Å². The zero-order valence-corrected chi connectivity index (χ0v) is 17.6. The zero-order valence-electron chi connectivity index (χ0n) is 17.6. The Kier molecular flexibility index (Phi) is 5.88. The standard InChI is InChI=1S/C23H23FN6O/c1-4-17-11-20(28-29-22(17)25-12-16-5-7-18(24)8-6-16)19-9-10-21(23(27-19)31-3)30-13-15(2)26-14-30/h5-11,13-14H,4,12H2,1-3H3,(H,25,29). The number of halogens is 1. The normalized spacial score (nSPS) is 10.8. The van der Waals surface area contributed by atoms with Gasteiger partial charge in [0.2, 0.25) is 5.88 Å². The Bertz CT molecular complexity index is 1190. The molecular weight excluding hydrogens is 395 g/mol. The first-order valence-corrected chi connectivity index (χ1v) is 9.98. The largest absolute Gasteiger partial charge is 0.479 e. The van der Waals surface area contributed by atoms with Crippen molar-refractivity contribution in [3.05, 3.63) is 77.6 Å². The predicted octanol–water partition coefficient (Wildman–Crippen LogP) is 4.35. The molecule has 3 heterocycles. The van der Waals surface area contributed by atoms with Gasteiger partial charge in [0, 0.05) is 12.7 Å². The first kappa shape index (κ1) is 20.5. The van der Waals surface area contributed by atoms with Gasteiger partial charge in [-0.15, -0.1) is 10.2 Å². The molecule has 0 aliphatic heterocycles. The third-order valence-corrected chi connectivity index (χ3v) is 4.91. The Morgan fingerprint density at radius 2 is 1.87 bits per heavy atom. The van der Waals surface area contributed by atoms with E-state index in [1.54, 1.807) is 25.6 Å². The highest BCUT2D eigenvalue weighted by molar-refractivity contribution is 5.61. The third-order valence-electron chi connectivity index (χ3n) is 4.91. The van der Waals surface area contributed by atoms with E-state index in [4.69, 9.17) is 4.74 Å². The van der Waals surface area contributed by atoms with E-state index in [1.807, 2.05) is 35.9 Å². The Morgan fingerprint density at radius 3 is 2.55 bits per heavy atom. The Labute approximate surface area is 180 Å². The van der Waals surface area contributed by atoms with Crippen LogP contribution < -0.4 is 10.1 Å². The van der Waals surface area contributed by atoms with Crippen molar-refractivity contribution in [3.8, 4) is 23.0 Å². The summed E-state index contributed by atoms with van der Waals surface area (Å²) in [6.45, 7) is 4.52. The number of hydrogen-bond donors (Lipinski definition) is 1. The molecule has 0 spiro atoms. The molecule has 0 atom stereocenters. The number of nitrogens with zero attached hydrogens (tertiary/aromatic N) is 5. The van der Waals surface area contributed by atoms with Crippen molar-refractivity contribution < 1.29 is 9.13 Å². The molecule has 1 N–H and O–H groups in total. The molecule has 1 aromatic carbocycles. The summed E-state index contributed by atoms with van der Waals surface area (Å²) in [5, 5.41) is 12.0. The molecule has 0 bridgehead atoms. The molecule has 0 unspecified atom stereocenters. The molecule has 0 saturated carbocycles. The first-order chi connectivity index (χ1) is 15.1. The minimum Gasteiger partial charge on any atom is -0.479 e. The van der Waals surface area contributed by atoms with Crippen molar-refractivity contribution in [2.24, 2.45) is 0 Å². The van der Waals surface area contributed by atoms with Crippen LogP contribution in [0.15, 0.2) is 55.0 Å². The van der Waals surface area contributed by atoms with Crippen molar-refractivity contribution in [3.63, 3.8) is 0 Å². The van der Waals surface area contributed by atoms with Gasteiger partial charge >= 0.3 is 0 Å². The maximum atomic E-state index is 13.1. The van der Waals surface area contributed by atoms with Crippen LogP contribution in [0, 0.1) is 12.7 Å². The monoisotopic (exact) mass is 418 g/mol. The second-order valence-corrected chi connectivity index (χ2v) is 7.08. The van der Waals surface area contributed by atoms with E-state index in [0.29, 0.717) is 29.6 Å². The summed E-state index contributed by atoms with van der Waals surface area (Å²) in [5.41, 5.74) is 5.02. The van der Waals surface area contributed by atoms with Crippen LogP contribution >= 0.6 is 0 Å². The number of rotatable bonds is 7. The number of imidazole rings is 1. The van der Waals surface area contributed by atoms with Crippen LogP contribution in [0.5, 0.6) is 5.88 Å². The number of methoxy groups -OCH3 is 1. The fourth-order valence-corrected chi connectivity index (χ4v) is 3.24. The average molecular weight is 418 g/mol. The first-order valence-electron chi connectivity index (χ1n) is 9.98. The molecule has 4 aromatic rings. The van der Waals surface area contributed by atoms with Gasteiger partial charge in [0.15, 0.2) is 5.82 Å². The zero-order chi connectivity index (χ0) is 21.8. The molecule has 0 saturated heterocycles. The second-order valence-electron chi connectivity index (χ2n) is 7.08. The number of benzene rings is 1. The molecule has 4 rings (SSSR count). The summed E-state index contributed by atoms with van der Waals surface area (Å²) in [6.07, 6.45) is 4.42. The maximum Gasteiger partial charge on any atom is 0.238 e. The number of nitrogens with one attached hydrogen (secondary N) is 1. The van der Waals surface area contributed by atoms with Gasteiger partial charge in [-0.25, -0.2) is 14.4 Å². The molecule has 7 nitrogen and oxygen atoms in total. The summed E-state index contributed by atoms with van der Waals surface area (Å²) in [5.74, 6) is 0.931. The fourth-order valence-electron chi connectivity index (χ4n) is 3.24. The number of aryl methyl sites for hydroxylation is 2. The van der Waals surface area contributed by atoms with Crippen LogP contribution in [0.3, 0.4) is 0 Å². The van der Waals surface area contributed by atoms with Gasteiger partial charge < -0.3 is 14.6 Å². The number of ether oxygens (including phenoxy) is 1. The molecule has 0 amide bonds. The van der Waals surface area contributed by atoms with Crippen LogP contribution in [0.25, 0.3) is 17.1 Å². The molecule has 0 aliphatic rings. The van der Waals surface area contributed by atoms with Crippen LogP contribution in [-0.2, 0) is 13.0 Å². The van der Waals surface area contributed by atoms with Gasteiger partial charge in [-0.05, 0) is 54.8 Å². The molecule has 158 valence electrons. The lowest BCUT2D eigenvalue weighted by molar-refractivity contribution is 0.396. The van der Waals surface area contributed by atoms with Gasteiger partial charge in [-0.3, -0.25) is 0 Å². The minimum atomic E-state index is -0.251. The van der Waals surface area contributed by atoms with E-state index >= 15 is 0 Å². The summed E-state index contributed by atoms with van der Waals surface area (Å²) < 4.78 is 20.5. The van der Waals surface area contributed by atoms with E-state index < -0.39 is 0 Å². The van der Waals surface area contributed by atoms with Gasteiger partial charge in [0.05, 0.1) is 24.8 Å². The minimum absolute atomic E-state index is 0.251. The van der Waals surface area contributed by atoms with Gasteiger partial charge in [-0.2, -0.15) is 0 Å². The molecule has 3 aromatic heterocycles. The van der Waals surface area contributed by atoms with Crippen molar-refractivity contribution >= 4 is 5.82 Å². The highest BCUT2D eigenvalue weighted by atomic mass is 19.1. The lowest BCUT2D eigenvalue weighted by Gasteiger charge is -2.12. The van der Waals surface area contributed by atoms with Crippen LogP contribution in [0.1, 0.15) is 23.7 Å². The highest BCUT2D eigenvalue weighted by Crippen LogP contribution is 2.26. The topological polar surface area (TPSA) is 77.8 Å². The smallest absolute Gasteiger partial charge is 0.238 e. The summed E-state index contributed by atoms with van der Waals surface area (Å²) in [7, 11) is 1.59. The number of hydrogen-bond acceptors (Lipinski definition) is 6. The number of pyridine rings is 1. The Morgan fingerprint density at radius 1 is 1.06 bits per heavy atom. The summed E-state index contributed by atoms with van der Waals surface area (Å²) >= 11 is 0. The molecule has 0 fully saturated rings. The van der Waals surface area contributed by atoms with Crippen LogP contribution in [0.4, 0.5) is 10.2 Å². The summed E-state index contributed by atoms with van der Waals surface area (Å²) in [4.78, 5) is 8.88. The predicted molar refractivity (Wildman–Crippen MR) is 117 cm³/mol. The van der Waals surface area contributed by atoms with E-state index in [0.717, 1.165) is 28.9 Å². The Hall–Kier alpha value is -3.81. The molecule has 31 heavy (non-hydrogen) atoms. The van der Waals surface area contributed by atoms with Crippen LogP contribution in [-0.4, -0.2) is 31.8 Å². The van der Waals surface area contributed by atoms with Crippen molar-refractivity contribution in [1.29, 1.82) is 0 Å². The average Bonchev–Trinajstić information content (AvgIpc) is 3.24. The van der Waals surface area contributed by atoms with Gasteiger partial charge in [0.1, 0.15) is 17.2 Å². The second kappa shape index (κ2) is 8.91. The summed E-state index contributed by atoms with van der Waals surface area (Å²) in [6, 6.07) is 12.2. The van der Waals surface area contributed by atoms with E-state index in [-0.39, 0.29) is 5.82 Å². The lowest BCUT2D eigenvalue weighted by Crippen LogP contribution is -2.07. The lowest BCUT2D eigenvalue weighted by atomic mass is 10.1. The van der Waals surface area contributed by atoms with Crippen molar-refractivity contribution in [1.82, 2.24) is 24.7 Å². The van der Waals surface area contributed by atoms with E-state index in [2.05, 4.69) is 32.4 Å². The Balaban J connectivity index is 1.58. The third kappa shape index (κ3) is 4.53. The van der Waals surface area contributed by atoms with Gasteiger partial charge in [0.25, 0.3) is 0 Å². The fraction of sp³-hybridized carbons (Fsp3) is 0.217. The molecule has 0 aliphatic carbocycles.